The molecule has 0 aromatic carbocycles. The van der Waals surface area contributed by atoms with Gasteiger partial charge >= 0.3 is 0 Å². The Morgan fingerprint density at radius 3 is 1.82 bits per heavy atom. The third kappa shape index (κ3) is 2.83. The van der Waals surface area contributed by atoms with Gasteiger partial charge in [-0.25, -0.2) is 0 Å². The molecule has 122 valence electrons. The molecule has 0 heterocycles. The largest absolute Gasteiger partial charge is 0.295 e. The van der Waals surface area contributed by atoms with E-state index in [0.29, 0.717) is 17.6 Å². The van der Waals surface area contributed by atoms with Crippen molar-refractivity contribution in [2.75, 3.05) is 0 Å². The fourth-order valence-corrected chi connectivity index (χ4v) is 9.97. The predicted molar refractivity (Wildman–Crippen MR) is 94.6 cm³/mol. The van der Waals surface area contributed by atoms with Crippen LogP contribution in [0.25, 0.3) is 0 Å². The first-order valence-corrected chi connectivity index (χ1v) is 11.4. The van der Waals surface area contributed by atoms with Gasteiger partial charge in [-0.15, -0.1) is 0 Å². The van der Waals surface area contributed by atoms with E-state index in [1.54, 1.807) is 5.31 Å². The lowest BCUT2D eigenvalue weighted by Crippen LogP contribution is -2.23. The first-order chi connectivity index (χ1) is 10.8. The van der Waals surface area contributed by atoms with Crippen molar-refractivity contribution in [3.05, 3.63) is 11.4 Å². The van der Waals surface area contributed by atoms with E-state index in [2.05, 4.69) is 6.08 Å². The summed E-state index contributed by atoms with van der Waals surface area (Å²) in [4.78, 5) is 12.5. The van der Waals surface area contributed by atoms with Crippen molar-refractivity contribution in [1.29, 1.82) is 0 Å². The Balaban J connectivity index is 1.61. The molecule has 3 saturated carbocycles. The second-order valence-electron chi connectivity index (χ2n) is 8.11. The number of rotatable bonds is 3. The molecule has 0 aromatic heterocycles. The molecule has 3 fully saturated rings. The molecular weight excluding hydrogens is 287 g/mol. The summed E-state index contributed by atoms with van der Waals surface area (Å²) in [6, 6.07) is 0. The van der Waals surface area contributed by atoms with Gasteiger partial charge in [0.25, 0.3) is 0 Å². The van der Waals surface area contributed by atoms with E-state index in [9.17, 15) is 4.79 Å². The minimum atomic E-state index is -0.0162. The van der Waals surface area contributed by atoms with Gasteiger partial charge in [0.1, 0.15) is 0 Å². The van der Waals surface area contributed by atoms with Gasteiger partial charge in [0.2, 0.25) is 0 Å². The maximum atomic E-state index is 12.5. The number of hydrogen-bond donors (Lipinski definition) is 0. The summed E-state index contributed by atoms with van der Waals surface area (Å²) < 4.78 is 0. The zero-order valence-electron chi connectivity index (χ0n) is 13.9. The summed E-state index contributed by atoms with van der Waals surface area (Å²) in [7, 11) is -0.0162. The van der Waals surface area contributed by atoms with Gasteiger partial charge < -0.3 is 0 Å². The van der Waals surface area contributed by atoms with Crippen LogP contribution in [0, 0.1) is 11.8 Å². The molecule has 0 bridgehead atoms. The summed E-state index contributed by atoms with van der Waals surface area (Å²) in [6.45, 7) is 0. The zero-order valence-corrected chi connectivity index (χ0v) is 14.8. The van der Waals surface area contributed by atoms with Gasteiger partial charge in [-0.1, -0.05) is 52.9 Å². The van der Waals surface area contributed by atoms with E-state index in [4.69, 9.17) is 0 Å². The van der Waals surface area contributed by atoms with E-state index < -0.39 is 0 Å². The highest BCUT2D eigenvalue weighted by atomic mass is 31.1. The van der Waals surface area contributed by atoms with Crippen molar-refractivity contribution in [2.45, 2.75) is 94.8 Å². The van der Waals surface area contributed by atoms with Crippen molar-refractivity contribution in [3.63, 3.8) is 0 Å². The topological polar surface area (TPSA) is 17.1 Å². The molecule has 0 spiro atoms. The molecule has 22 heavy (non-hydrogen) atoms. The second kappa shape index (κ2) is 6.76. The van der Waals surface area contributed by atoms with Crippen molar-refractivity contribution >= 4 is 13.7 Å². The van der Waals surface area contributed by atoms with Gasteiger partial charge in [-0.05, 0) is 67.2 Å². The van der Waals surface area contributed by atoms with Crippen LogP contribution in [0.15, 0.2) is 11.4 Å². The van der Waals surface area contributed by atoms with Gasteiger partial charge in [0, 0.05) is 5.92 Å². The van der Waals surface area contributed by atoms with Crippen LogP contribution < -0.4 is 0 Å². The van der Waals surface area contributed by atoms with Crippen LogP contribution in [0.4, 0.5) is 0 Å². The Bertz CT molecular complexity index is 425. The van der Waals surface area contributed by atoms with Crippen molar-refractivity contribution in [2.24, 2.45) is 11.8 Å². The first kappa shape index (κ1) is 15.4. The Hall–Kier alpha value is -0.160. The molecule has 1 nitrogen and oxygen atoms in total. The highest BCUT2D eigenvalue weighted by Crippen LogP contribution is 2.66. The molecule has 2 atom stereocenters. The average Bonchev–Trinajstić information content (AvgIpc) is 3.15. The first-order valence-electron chi connectivity index (χ1n) is 9.88. The maximum Gasteiger partial charge on any atom is 0.159 e. The van der Waals surface area contributed by atoms with Crippen LogP contribution in [0.5, 0.6) is 0 Å². The van der Waals surface area contributed by atoms with Gasteiger partial charge in [-0.3, -0.25) is 4.79 Å². The number of hydrogen-bond acceptors (Lipinski definition) is 1. The van der Waals surface area contributed by atoms with E-state index in [1.165, 1.54) is 83.5 Å². The zero-order chi connectivity index (χ0) is 14.9. The average molecular weight is 318 g/mol. The monoisotopic (exact) mass is 318 g/mol. The summed E-state index contributed by atoms with van der Waals surface area (Å²) in [5.74, 6) is 1.60. The molecule has 4 aliphatic rings. The standard InChI is InChI=1S/C20H31OP/c21-19-14-20(18-13-7-12-17(18)19)22(15-8-3-1-4-9-15)16-10-5-2-6-11-16/h14-18H,1-13H2. The minimum Gasteiger partial charge on any atom is -0.295 e. The lowest BCUT2D eigenvalue weighted by molar-refractivity contribution is -0.117. The molecule has 2 heteroatoms. The van der Waals surface area contributed by atoms with Crippen LogP contribution >= 0.6 is 7.92 Å². The lowest BCUT2D eigenvalue weighted by atomic mass is 9.99. The van der Waals surface area contributed by atoms with Crippen LogP contribution in [-0.2, 0) is 4.79 Å². The van der Waals surface area contributed by atoms with E-state index in [0.717, 1.165) is 11.3 Å². The van der Waals surface area contributed by atoms with Crippen molar-refractivity contribution in [1.82, 2.24) is 0 Å². The lowest BCUT2D eigenvalue weighted by Gasteiger charge is -2.41. The fraction of sp³-hybridized carbons (Fsp3) is 0.850. The number of ketones is 1. The van der Waals surface area contributed by atoms with Crippen molar-refractivity contribution in [3.8, 4) is 0 Å². The van der Waals surface area contributed by atoms with Crippen LogP contribution in [0.3, 0.4) is 0 Å². The van der Waals surface area contributed by atoms with E-state index >= 15 is 0 Å². The Morgan fingerprint density at radius 2 is 1.23 bits per heavy atom. The molecule has 0 saturated heterocycles. The normalized spacial score (nSPS) is 34.2. The molecule has 4 rings (SSSR count). The highest BCUT2D eigenvalue weighted by Gasteiger charge is 2.45. The predicted octanol–water partition coefficient (Wildman–Crippen LogP) is 6.02. The summed E-state index contributed by atoms with van der Waals surface area (Å²) in [5, 5.41) is 1.71. The SMILES string of the molecule is O=C1C=C(P(C2CCCCC2)C2CCCCC2)C2CCCC12. The molecular formula is C20H31OP. The Morgan fingerprint density at radius 1 is 0.682 bits per heavy atom. The molecule has 0 amide bonds. The van der Waals surface area contributed by atoms with Crippen LogP contribution in [0.2, 0.25) is 0 Å². The number of allylic oxidation sites excluding steroid dienone is 2. The molecule has 0 aliphatic heterocycles. The molecule has 0 aromatic rings. The molecule has 4 aliphatic carbocycles. The van der Waals surface area contributed by atoms with Gasteiger partial charge in [-0.2, -0.15) is 0 Å². The summed E-state index contributed by atoms with van der Waals surface area (Å²) >= 11 is 0. The van der Waals surface area contributed by atoms with Crippen molar-refractivity contribution < 1.29 is 4.79 Å². The molecule has 2 unspecified atom stereocenters. The summed E-state index contributed by atoms with van der Waals surface area (Å²) in [5.41, 5.74) is 1.93. The van der Waals surface area contributed by atoms with Gasteiger partial charge in [0.15, 0.2) is 5.78 Å². The Labute approximate surface area is 137 Å². The van der Waals surface area contributed by atoms with Gasteiger partial charge in [0.05, 0.1) is 0 Å². The highest BCUT2D eigenvalue weighted by molar-refractivity contribution is 7.63. The second-order valence-corrected chi connectivity index (χ2v) is 10.9. The van der Waals surface area contributed by atoms with E-state index in [1.807, 2.05) is 0 Å². The maximum absolute atomic E-state index is 12.5. The number of carbonyl (C=O) groups excluding carboxylic acids is 1. The summed E-state index contributed by atoms with van der Waals surface area (Å²) in [6.07, 6.45) is 20.5. The van der Waals surface area contributed by atoms with Crippen LogP contribution in [-0.4, -0.2) is 17.1 Å². The fourth-order valence-electron chi connectivity index (χ4n) is 5.72. The van der Waals surface area contributed by atoms with Crippen LogP contribution in [0.1, 0.15) is 83.5 Å². The minimum absolute atomic E-state index is 0.0162. The Kier molecular flexibility index (Phi) is 4.72. The smallest absolute Gasteiger partial charge is 0.159 e. The quantitative estimate of drug-likeness (QED) is 0.582. The third-order valence-electron chi connectivity index (χ3n) is 6.79. The third-order valence-corrected chi connectivity index (χ3v) is 10.4. The number of fused-ring (bicyclic) bond motifs is 1. The molecule has 0 N–H and O–H groups in total. The molecule has 0 radical (unpaired) electrons. The number of carbonyl (C=O) groups is 1. The van der Waals surface area contributed by atoms with E-state index in [-0.39, 0.29) is 7.92 Å².